The molecule has 0 saturated heterocycles. The van der Waals surface area contributed by atoms with Gasteiger partial charge in [-0.2, -0.15) is 4.98 Å². The zero-order valence-corrected chi connectivity index (χ0v) is 18.9. The van der Waals surface area contributed by atoms with E-state index in [1.807, 2.05) is 45.3 Å². The van der Waals surface area contributed by atoms with E-state index >= 15 is 0 Å². The molecule has 0 radical (unpaired) electrons. The second-order valence-electron chi connectivity index (χ2n) is 9.19. The van der Waals surface area contributed by atoms with Crippen LogP contribution in [0.4, 0.5) is 10.5 Å². The van der Waals surface area contributed by atoms with E-state index in [0.717, 1.165) is 11.4 Å². The number of aromatic nitrogens is 4. The first-order valence-corrected chi connectivity index (χ1v) is 10.0. The molecule has 0 N–H and O–H groups in total. The van der Waals surface area contributed by atoms with Gasteiger partial charge in [0.15, 0.2) is 0 Å². The second kappa shape index (κ2) is 6.57. The zero-order valence-electron chi connectivity index (χ0n) is 18.2. The van der Waals surface area contributed by atoms with E-state index in [2.05, 4.69) is 15.1 Å². The van der Waals surface area contributed by atoms with Gasteiger partial charge in [-0.25, -0.2) is 9.78 Å². The number of carbonyl (C=O) groups excluding carboxylic acids is 1. The molecule has 8 nitrogen and oxygen atoms in total. The van der Waals surface area contributed by atoms with Crippen molar-refractivity contribution in [1.82, 2.24) is 24.6 Å². The van der Waals surface area contributed by atoms with E-state index in [9.17, 15) is 4.79 Å². The SMILES string of the molecule is CN(C)C(=O)N1c2cc(Cl)ccc2-n2cnc(-c3noc(C(C)(C)C)n3)c2C1(C)C. The molecule has 4 rings (SSSR count). The van der Waals surface area contributed by atoms with Crippen LogP contribution in [0.2, 0.25) is 5.02 Å². The van der Waals surface area contributed by atoms with Gasteiger partial charge in [-0.3, -0.25) is 9.47 Å². The Balaban J connectivity index is 1.97. The van der Waals surface area contributed by atoms with Crippen molar-refractivity contribution in [2.24, 2.45) is 0 Å². The molecule has 0 atom stereocenters. The number of fused-ring (bicyclic) bond motifs is 3. The molecule has 0 spiro atoms. The summed E-state index contributed by atoms with van der Waals surface area (Å²) in [5, 5.41) is 4.73. The third kappa shape index (κ3) is 2.98. The van der Waals surface area contributed by atoms with Gasteiger partial charge in [0.05, 0.1) is 22.6 Å². The highest BCUT2D eigenvalue weighted by Gasteiger charge is 2.45. The van der Waals surface area contributed by atoms with Gasteiger partial charge in [-0.1, -0.05) is 37.5 Å². The Morgan fingerprint density at radius 2 is 1.90 bits per heavy atom. The average Bonchev–Trinajstić information content (AvgIpc) is 3.28. The number of benzene rings is 1. The quantitative estimate of drug-likeness (QED) is 0.565. The summed E-state index contributed by atoms with van der Waals surface area (Å²) in [7, 11) is 3.45. The maximum Gasteiger partial charge on any atom is 0.324 e. The fourth-order valence-electron chi connectivity index (χ4n) is 3.73. The van der Waals surface area contributed by atoms with Crippen LogP contribution in [0.15, 0.2) is 29.0 Å². The monoisotopic (exact) mass is 428 g/mol. The van der Waals surface area contributed by atoms with Crippen LogP contribution in [-0.4, -0.2) is 44.7 Å². The number of nitrogens with zero attached hydrogens (tertiary/aromatic N) is 6. The average molecular weight is 429 g/mol. The van der Waals surface area contributed by atoms with E-state index in [-0.39, 0.29) is 11.4 Å². The highest BCUT2D eigenvalue weighted by molar-refractivity contribution is 6.31. The van der Waals surface area contributed by atoms with Crippen molar-refractivity contribution in [3.05, 3.63) is 41.1 Å². The van der Waals surface area contributed by atoms with Gasteiger partial charge in [0.2, 0.25) is 11.7 Å². The van der Waals surface area contributed by atoms with Crippen molar-refractivity contribution in [1.29, 1.82) is 0 Å². The van der Waals surface area contributed by atoms with Gasteiger partial charge in [-0.15, -0.1) is 0 Å². The van der Waals surface area contributed by atoms with Crippen LogP contribution < -0.4 is 4.90 Å². The molecule has 0 unspecified atom stereocenters. The fourth-order valence-corrected chi connectivity index (χ4v) is 3.90. The molecule has 0 bridgehead atoms. The number of anilines is 1. The lowest BCUT2D eigenvalue weighted by atomic mass is 9.91. The summed E-state index contributed by atoms with van der Waals surface area (Å²) in [6, 6.07) is 5.32. The van der Waals surface area contributed by atoms with Gasteiger partial charge in [0, 0.05) is 24.5 Å². The minimum Gasteiger partial charge on any atom is -0.338 e. The largest absolute Gasteiger partial charge is 0.338 e. The van der Waals surface area contributed by atoms with Crippen LogP contribution in [0.3, 0.4) is 0 Å². The summed E-state index contributed by atoms with van der Waals surface area (Å²) in [4.78, 5) is 25.7. The number of rotatable bonds is 1. The molecular formula is C21H25ClN6O2. The minimum absolute atomic E-state index is 0.162. The number of hydrogen-bond acceptors (Lipinski definition) is 5. The van der Waals surface area contributed by atoms with Crippen molar-refractivity contribution in [2.75, 3.05) is 19.0 Å². The smallest absolute Gasteiger partial charge is 0.324 e. The molecule has 0 fully saturated rings. The zero-order chi connectivity index (χ0) is 22.0. The summed E-state index contributed by atoms with van der Waals surface area (Å²) in [5.74, 6) is 0.928. The molecule has 9 heteroatoms. The van der Waals surface area contributed by atoms with Crippen LogP contribution in [-0.2, 0) is 11.0 Å². The Morgan fingerprint density at radius 3 is 2.50 bits per heavy atom. The van der Waals surface area contributed by atoms with Crippen LogP contribution in [0.25, 0.3) is 17.2 Å². The molecule has 0 aliphatic carbocycles. The Morgan fingerprint density at radius 1 is 1.20 bits per heavy atom. The first-order chi connectivity index (χ1) is 13.9. The first kappa shape index (κ1) is 20.4. The van der Waals surface area contributed by atoms with Gasteiger partial charge in [0.1, 0.15) is 12.0 Å². The normalized spacial score (nSPS) is 15.0. The topological polar surface area (TPSA) is 80.3 Å². The molecule has 3 heterocycles. The Bertz CT molecular complexity index is 1140. The molecular weight excluding hydrogens is 404 g/mol. The van der Waals surface area contributed by atoms with E-state index in [4.69, 9.17) is 16.1 Å². The van der Waals surface area contributed by atoms with Crippen molar-refractivity contribution < 1.29 is 9.32 Å². The summed E-state index contributed by atoms with van der Waals surface area (Å²) in [5.41, 5.74) is 1.86. The lowest BCUT2D eigenvalue weighted by Gasteiger charge is -2.44. The van der Waals surface area contributed by atoms with E-state index in [1.165, 1.54) is 0 Å². The van der Waals surface area contributed by atoms with Crippen molar-refractivity contribution in [2.45, 2.75) is 45.6 Å². The van der Waals surface area contributed by atoms with Crippen LogP contribution in [0, 0.1) is 0 Å². The number of amides is 2. The number of carbonyl (C=O) groups is 1. The molecule has 30 heavy (non-hydrogen) atoms. The summed E-state index contributed by atoms with van der Waals surface area (Å²) < 4.78 is 7.46. The number of imidazole rings is 1. The van der Waals surface area contributed by atoms with Gasteiger partial charge in [-0.05, 0) is 32.0 Å². The Labute approximate surface area is 180 Å². The van der Waals surface area contributed by atoms with Crippen LogP contribution >= 0.6 is 11.6 Å². The van der Waals surface area contributed by atoms with Crippen molar-refractivity contribution in [3.8, 4) is 17.2 Å². The molecule has 1 aromatic carbocycles. The van der Waals surface area contributed by atoms with Crippen molar-refractivity contribution in [3.63, 3.8) is 0 Å². The molecule has 1 aliphatic heterocycles. The second-order valence-corrected chi connectivity index (χ2v) is 9.63. The third-order valence-corrected chi connectivity index (χ3v) is 5.43. The molecule has 1 aliphatic rings. The van der Waals surface area contributed by atoms with E-state index < -0.39 is 5.54 Å². The van der Waals surface area contributed by atoms with E-state index in [1.54, 1.807) is 42.4 Å². The highest BCUT2D eigenvalue weighted by atomic mass is 35.5. The number of halogens is 1. The summed E-state index contributed by atoms with van der Waals surface area (Å²) in [6.07, 6.45) is 1.73. The van der Waals surface area contributed by atoms with Gasteiger partial charge >= 0.3 is 6.03 Å². The van der Waals surface area contributed by atoms with E-state index in [0.29, 0.717) is 28.1 Å². The molecule has 158 valence electrons. The predicted octanol–water partition coefficient (Wildman–Crippen LogP) is 4.61. The maximum absolute atomic E-state index is 13.2. The predicted molar refractivity (Wildman–Crippen MR) is 115 cm³/mol. The summed E-state index contributed by atoms with van der Waals surface area (Å²) in [6.45, 7) is 9.97. The maximum atomic E-state index is 13.2. The molecule has 0 saturated carbocycles. The first-order valence-electron chi connectivity index (χ1n) is 9.66. The molecule has 2 aromatic heterocycles. The Hall–Kier alpha value is -2.87. The fraction of sp³-hybridized carbons (Fsp3) is 0.429. The third-order valence-electron chi connectivity index (χ3n) is 5.20. The summed E-state index contributed by atoms with van der Waals surface area (Å²) >= 11 is 6.28. The highest BCUT2D eigenvalue weighted by Crippen LogP contribution is 2.46. The molecule has 3 aromatic rings. The van der Waals surface area contributed by atoms with Gasteiger partial charge in [0.25, 0.3) is 0 Å². The van der Waals surface area contributed by atoms with Gasteiger partial charge < -0.3 is 9.42 Å². The van der Waals surface area contributed by atoms with Crippen LogP contribution in [0.5, 0.6) is 0 Å². The Kier molecular flexibility index (Phi) is 4.47. The lowest BCUT2D eigenvalue weighted by molar-refractivity contribution is 0.215. The number of hydrogen-bond donors (Lipinski definition) is 0. The number of urea groups is 1. The minimum atomic E-state index is -0.757. The molecule has 2 amide bonds. The lowest BCUT2D eigenvalue weighted by Crippen LogP contribution is -2.53. The standard InChI is InChI=1S/C21H25ClN6O2/c1-20(2,3)18-24-17(25-30-18)15-16-21(4,5)28(19(29)26(6)7)14-10-12(22)8-9-13(14)27(16)11-23-15/h8-11H,1-7H3. The van der Waals surface area contributed by atoms with Crippen molar-refractivity contribution >= 4 is 23.3 Å². The van der Waals surface area contributed by atoms with Crippen LogP contribution in [0.1, 0.15) is 46.2 Å².